The van der Waals surface area contributed by atoms with Gasteiger partial charge in [0.15, 0.2) is 0 Å². The van der Waals surface area contributed by atoms with Crippen LogP contribution in [0.2, 0.25) is 0 Å². The summed E-state index contributed by atoms with van der Waals surface area (Å²) in [6.07, 6.45) is 8.63. The van der Waals surface area contributed by atoms with Crippen molar-refractivity contribution in [1.82, 2.24) is 24.9 Å². The van der Waals surface area contributed by atoms with Crippen molar-refractivity contribution in [2.75, 3.05) is 23.0 Å². The number of aryl methyl sites for hydroxylation is 1. The molecule has 0 bridgehead atoms. The highest BCUT2D eigenvalue weighted by Crippen LogP contribution is 2.35. The number of pyridine rings is 3. The highest BCUT2D eigenvalue weighted by atomic mass is 15.0. The first kappa shape index (κ1) is 20.3. The molecule has 0 unspecified atom stereocenters. The summed E-state index contributed by atoms with van der Waals surface area (Å²) in [6, 6.07) is 15.8. The van der Waals surface area contributed by atoms with Crippen LogP contribution in [-0.2, 0) is 0 Å². The number of rotatable bonds is 6. The number of nitrogens with zero attached hydrogens (tertiary/aromatic N) is 5. The Balaban J connectivity index is 1.58. The van der Waals surface area contributed by atoms with Crippen LogP contribution in [-0.4, -0.2) is 32.0 Å². The summed E-state index contributed by atoms with van der Waals surface area (Å²) in [4.78, 5) is 22.0. The predicted molar refractivity (Wildman–Crippen MR) is 132 cm³/mol. The molecule has 8 heteroatoms. The van der Waals surface area contributed by atoms with E-state index >= 15 is 0 Å². The molecule has 3 N–H and O–H groups in total. The summed E-state index contributed by atoms with van der Waals surface area (Å²) in [5, 5.41) is 12.0. The van der Waals surface area contributed by atoms with E-state index in [1.807, 2.05) is 43.4 Å². The normalized spacial score (nSPS) is 10.7. The van der Waals surface area contributed by atoms with Gasteiger partial charge in [-0.25, -0.2) is 19.9 Å². The zero-order valence-corrected chi connectivity index (χ0v) is 18.2. The molecule has 162 valence electrons. The minimum Gasteiger partial charge on any atom is -0.373 e. The Hall–Kier alpha value is -4.59. The fourth-order valence-electron chi connectivity index (χ4n) is 3.67. The maximum Gasteiger partial charge on any atom is 0.139 e. The first-order valence-corrected chi connectivity index (χ1v) is 10.5. The zero-order chi connectivity index (χ0) is 22.6. The molecule has 0 aliphatic carbocycles. The minimum absolute atomic E-state index is 0.715. The fraction of sp³-hybridized carbons (Fsp3) is 0.0800. The maximum atomic E-state index is 4.61. The van der Waals surface area contributed by atoms with E-state index in [1.165, 1.54) is 0 Å². The lowest BCUT2D eigenvalue weighted by Crippen LogP contribution is -2.02. The van der Waals surface area contributed by atoms with Gasteiger partial charge >= 0.3 is 0 Å². The van der Waals surface area contributed by atoms with E-state index in [9.17, 15) is 0 Å². The van der Waals surface area contributed by atoms with Crippen molar-refractivity contribution in [3.05, 3.63) is 85.2 Å². The van der Waals surface area contributed by atoms with Crippen LogP contribution in [0.15, 0.2) is 79.6 Å². The summed E-state index contributed by atoms with van der Waals surface area (Å²) >= 11 is 0. The highest BCUT2D eigenvalue weighted by molar-refractivity contribution is 6.03. The Labute approximate surface area is 191 Å². The Kier molecular flexibility index (Phi) is 5.47. The highest BCUT2D eigenvalue weighted by Gasteiger charge is 2.14. The van der Waals surface area contributed by atoms with E-state index < -0.39 is 0 Å². The molecule has 4 heterocycles. The smallest absolute Gasteiger partial charge is 0.139 e. The van der Waals surface area contributed by atoms with Gasteiger partial charge in [0.2, 0.25) is 0 Å². The standard InChI is InChI=1S/C25H22N8/c1-16-7-8-19-18(9-12-29-24(19)32-17-5-3-10-27-14-17)23(16)33-25-20(6-4-11-28-25)21-13-22(26-2)31-15-30-21/h3-15H,1-2H3,(H,28,33)(H,29,32)(H,26,30,31). The van der Waals surface area contributed by atoms with Crippen molar-refractivity contribution in [3.63, 3.8) is 0 Å². The average Bonchev–Trinajstić information content (AvgIpc) is 2.87. The zero-order valence-electron chi connectivity index (χ0n) is 18.2. The number of hydrogen-bond acceptors (Lipinski definition) is 8. The number of nitrogens with one attached hydrogen (secondary N) is 3. The third kappa shape index (κ3) is 4.14. The Morgan fingerprint density at radius 3 is 2.48 bits per heavy atom. The summed E-state index contributed by atoms with van der Waals surface area (Å²) < 4.78 is 0. The van der Waals surface area contributed by atoms with Gasteiger partial charge in [-0.05, 0) is 42.8 Å². The largest absolute Gasteiger partial charge is 0.373 e. The fourth-order valence-corrected chi connectivity index (χ4v) is 3.67. The van der Waals surface area contributed by atoms with Crippen LogP contribution in [0, 0.1) is 6.92 Å². The Bertz CT molecular complexity index is 1420. The van der Waals surface area contributed by atoms with E-state index in [1.54, 1.807) is 31.1 Å². The summed E-state index contributed by atoms with van der Waals surface area (Å²) in [5.41, 5.74) is 4.60. The molecule has 0 fully saturated rings. The third-order valence-electron chi connectivity index (χ3n) is 5.33. The van der Waals surface area contributed by atoms with Crippen molar-refractivity contribution in [2.45, 2.75) is 6.92 Å². The second kappa shape index (κ2) is 8.88. The van der Waals surface area contributed by atoms with Crippen molar-refractivity contribution < 1.29 is 0 Å². The van der Waals surface area contributed by atoms with Crippen LogP contribution >= 0.6 is 0 Å². The maximum absolute atomic E-state index is 4.61. The van der Waals surface area contributed by atoms with Gasteiger partial charge in [-0.3, -0.25) is 4.98 Å². The lowest BCUT2D eigenvalue weighted by atomic mass is 10.0. The summed E-state index contributed by atoms with van der Waals surface area (Å²) in [5.74, 6) is 2.22. The monoisotopic (exact) mass is 434 g/mol. The number of aromatic nitrogens is 5. The van der Waals surface area contributed by atoms with Gasteiger partial charge in [0.1, 0.15) is 23.8 Å². The molecule has 0 amide bonds. The minimum atomic E-state index is 0.715. The van der Waals surface area contributed by atoms with Gasteiger partial charge in [0.25, 0.3) is 0 Å². The predicted octanol–water partition coefficient (Wildman–Crippen LogP) is 5.32. The number of benzene rings is 1. The molecule has 33 heavy (non-hydrogen) atoms. The van der Waals surface area contributed by atoms with Crippen molar-refractivity contribution in [3.8, 4) is 11.3 Å². The van der Waals surface area contributed by atoms with Gasteiger partial charge in [0.05, 0.1) is 23.3 Å². The molecule has 0 radical (unpaired) electrons. The average molecular weight is 435 g/mol. The molecule has 0 spiro atoms. The Morgan fingerprint density at radius 1 is 0.758 bits per heavy atom. The number of anilines is 5. The van der Waals surface area contributed by atoms with Crippen LogP contribution < -0.4 is 16.0 Å². The summed E-state index contributed by atoms with van der Waals surface area (Å²) in [6.45, 7) is 2.07. The van der Waals surface area contributed by atoms with Crippen LogP contribution in [0.1, 0.15) is 5.56 Å². The van der Waals surface area contributed by atoms with E-state index in [-0.39, 0.29) is 0 Å². The SMILES string of the molecule is CNc1cc(-c2cccnc2Nc2c(C)ccc3c(Nc4cccnc4)nccc23)ncn1. The molecule has 4 aromatic heterocycles. The topological polar surface area (TPSA) is 101 Å². The molecule has 5 rings (SSSR count). The van der Waals surface area contributed by atoms with E-state index in [2.05, 4.69) is 59.9 Å². The van der Waals surface area contributed by atoms with Crippen LogP contribution in [0.3, 0.4) is 0 Å². The first-order valence-electron chi connectivity index (χ1n) is 10.5. The first-order chi connectivity index (χ1) is 16.2. The van der Waals surface area contributed by atoms with E-state index in [0.717, 1.165) is 50.6 Å². The van der Waals surface area contributed by atoms with Gasteiger partial charge < -0.3 is 16.0 Å². The van der Waals surface area contributed by atoms with Crippen molar-refractivity contribution in [2.24, 2.45) is 0 Å². The lowest BCUT2D eigenvalue weighted by molar-refractivity contribution is 1.16. The van der Waals surface area contributed by atoms with Gasteiger partial charge in [-0.15, -0.1) is 0 Å². The van der Waals surface area contributed by atoms with Gasteiger partial charge in [0, 0.05) is 48.0 Å². The number of fused-ring (bicyclic) bond motifs is 1. The molecule has 8 nitrogen and oxygen atoms in total. The Morgan fingerprint density at radius 2 is 1.64 bits per heavy atom. The van der Waals surface area contributed by atoms with Gasteiger partial charge in [-0.1, -0.05) is 12.1 Å². The van der Waals surface area contributed by atoms with Crippen LogP contribution in [0.4, 0.5) is 28.8 Å². The number of hydrogen-bond donors (Lipinski definition) is 3. The second-order valence-corrected chi connectivity index (χ2v) is 7.44. The summed E-state index contributed by atoms with van der Waals surface area (Å²) in [7, 11) is 1.83. The van der Waals surface area contributed by atoms with Crippen molar-refractivity contribution in [1.29, 1.82) is 0 Å². The van der Waals surface area contributed by atoms with E-state index in [4.69, 9.17) is 0 Å². The quantitative estimate of drug-likeness (QED) is 0.330. The molecule has 1 aromatic carbocycles. The molecule has 0 saturated carbocycles. The second-order valence-electron chi connectivity index (χ2n) is 7.44. The van der Waals surface area contributed by atoms with Crippen molar-refractivity contribution >= 4 is 39.6 Å². The van der Waals surface area contributed by atoms with E-state index in [0.29, 0.717) is 5.82 Å². The molecular formula is C25H22N8. The molecule has 5 aromatic rings. The molecule has 0 saturated heterocycles. The van der Waals surface area contributed by atoms with Crippen LogP contribution in [0.25, 0.3) is 22.0 Å². The third-order valence-corrected chi connectivity index (χ3v) is 5.33. The molecule has 0 atom stereocenters. The van der Waals surface area contributed by atoms with Gasteiger partial charge in [-0.2, -0.15) is 0 Å². The molecule has 0 aliphatic rings. The molecule has 0 aliphatic heterocycles. The lowest BCUT2D eigenvalue weighted by Gasteiger charge is -2.16. The van der Waals surface area contributed by atoms with Crippen LogP contribution in [0.5, 0.6) is 0 Å². The molecular weight excluding hydrogens is 412 g/mol.